The van der Waals surface area contributed by atoms with Crippen molar-refractivity contribution in [3.63, 3.8) is 0 Å². The first kappa shape index (κ1) is 8.44. The van der Waals surface area contributed by atoms with Crippen LogP contribution in [0.25, 0.3) is 5.70 Å². The topological polar surface area (TPSA) is 51.5 Å². The normalized spacial score (nSPS) is 17.5. The molecule has 1 aliphatic heterocycles. The van der Waals surface area contributed by atoms with Gasteiger partial charge in [0, 0.05) is 12.3 Å². The van der Waals surface area contributed by atoms with Gasteiger partial charge in [-0.05, 0) is 18.2 Å². The van der Waals surface area contributed by atoms with Crippen LogP contribution in [-0.4, -0.2) is 17.3 Å². The standard InChI is InChI=1S/C9H10N2OS/c10-7(8-2-1-4-12-8)6-9-11-3-5-13-9/h1-2,4,6H,3,5,10H2/b7-6-. The molecule has 0 saturated carbocycles. The van der Waals surface area contributed by atoms with Crippen LogP contribution < -0.4 is 5.73 Å². The van der Waals surface area contributed by atoms with Gasteiger partial charge in [0.1, 0.15) is 5.76 Å². The van der Waals surface area contributed by atoms with Crippen LogP contribution in [0.3, 0.4) is 0 Å². The van der Waals surface area contributed by atoms with E-state index >= 15 is 0 Å². The minimum absolute atomic E-state index is 0.637. The van der Waals surface area contributed by atoms with Crippen molar-refractivity contribution in [1.82, 2.24) is 0 Å². The maximum atomic E-state index is 5.79. The number of rotatable bonds is 2. The molecular formula is C9H10N2OS. The van der Waals surface area contributed by atoms with E-state index in [4.69, 9.17) is 10.2 Å². The molecule has 1 aliphatic rings. The Hall–Kier alpha value is -1.16. The number of furan rings is 1. The van der Waals surface area contributed by atoms with Gasteiger partial charge in [-0.3, -0.25) is 4.99 Å². The van der Waals surface area contributed by atoms with E-state index in [2.05, 4.69) is 4.99 Å². The zero-order valence-corrected chi connectivity index (χ0v) is 7.88. The Morgan fingerprint density at radius 3 is 3.23 bits per heavy atom. The summed E-state index contributed by atoms with van der Waals surface area (Å²) in [5, 5.41) is 0.994. The van der Waals surface area contributed by atoms with Crippen molar-refractivity contribution in [3.05, 3.63) is 30.2 Å². The van der Waals surface area contributed by atoms with Crippen LogP contribution in [0.15, 0.2) is 33.9 Å². The van der Waals surface area contributed by atoms with Gasteiger partial charge < -0.3 is 10.2 Å². The second-order valence-electron chi connectivity index (χ2n) is 2.65. The van der Waals surface area contributed by atoms with Crippen LogP contribution >= 0.6 is 11.8 Å². The maximum Gasteiger partial charge on any atom is 0.149 e. The Balaban J connectivity index is 2.16. The molecule has 3 nitrogen and oxygen atoms in total. The molecular weight excluding hydrogens is 184 g/mol. The number of aliphatic imine (C=N–C) groups is 1. The minimum Gasteiger partial charge on any atom is -0.463 e. The number of hydrogen-bond acceptors (Lipinski definition) is 4. The average Bonchev–Trinajstić information content (AvgIpc) is 2.74. The van der Waals surface area contributed by atoms with Gasteiger partial charge in [-0.2, -0.15) is 0 Å². The third-order valence-corrected chi connectivity index (χ3v) is 2.62. The molecule has 0 unspecified atom stereocenters. The summed E-state index contributed by atoms with van der Waals surface area (Å²) in [5.41, 5.74) is 6.43. The molecule has 0 bridgehead atoms. The van der Waals surface area contributed by atoms with Crippen molar-refractivity contribution in [2.75, 3.05) is 12.3 Å². The third-order valence-electron chi connectivity index (χ3n) is 1.69. The van der Waals surface area contributed by atoms with E-state index in [1.165, 1.54) is 0 Å². The SMILES string of the molecule is N/C(=C\C1=NCCS1)c1ccco1. The second kappa shape index (κ2) is 3.70. The van der Waals surface area contributed by atoms with Crippen molar-refractivity contribution >= 4 is 22.5 Å². The van der Waals surface area contributed by atoms with Gasteiger partial charge in [0.2, 0.25) is 0 Å². The summed E-state index contributed by atoms with van der Waals surface area (Å²) in [6.45, 7) is 0.891. The summed E-state index contributed by atoms with van der Waals surface area (Å²) in [7, 11) is 0. The maximum absolute atomic E-state index is 5.79. The van der Waals surface area contributed by atoms with E-state index in [9.17, 15) is 0 Å². The van der Waals surface area contributed by atoms with Crippen molar-refractivity contribution in [2.45, 2.75) is 0 Å². The van der Waals surface area contributed by atoms with Gasteiger partial charge in [-0.1, -0.05) is 0 Å². The monoisotopic (exact) mass is 194 g/mol. The molecule has 0 aliphatic carbocycles. The summed E-state index contributed by atoms with van der Waals surface area (Å²) in [6.07, 6.45) is 3.47. The zero-order valence-electron chi connectivity index (χ0n) is 7.06. The molecule has 0 fully saturated rings. The quantitative estimate of drug-likeness (QED) is 0.780. The molecule has 1 aromatic rings. The number of nitrogens with two attached hydrogens (primary N) is 1. The molecule has 0 atom stereocenters. The Bertz CT molecular complexity index is 341. The molecule has 4 heteroatoms. The average molecular weight is 194 g/mol. The van der Waals surface area contributed by atoms with Crippen LogP contribution in [0, 0.1) is 0 Å². The highest BCUT2D eigenvalue weighted by molar-refractivity contribution is 8.14. The van der Waals surface area contributed by atoms with E-state index in [-0.39, 0.29) is 0 Å². The van der Waals surface area contributed by atoms with E-state index in [1.807, 2.05) is 18.2 Å². The summed E-state index contributed by atoms with van der Waals surface area (Å²) < 4.78 is 5.15. The highest BCUT2D eigenvalue weighted by Gasteiger charge is 2.06. The minimum atomic E-state index is 0.637. The molecule has 0 spiro atoms. The van der Waals surface area contributed by atoms with Crippen LogP contribution in [0.5, 0.6) is 0 Å². The number of nitrogens with zero attached hydrogens (tertiary/aromatic N) is 1. The summed E-state index contributed by atoms with van der Waals surface area (Å²) in [5.74, 6) is 1.76. The Morgan fingerprint density at radius 1 is 1.69 bits per heavy atom. The van der Waals surface area contributed by atoms with E-state index in [1.54, 1.807) is 18.0 Å². The first-order valence-corrected chi connectivity index (χ1v) is 5.03. The van der Waals surface area contributed by atoms with Crippen molar-refractivity contribution in [2.24, 2.45) is 10.7 Å². The molecule has 0 amide bonds. The fourth-order valence-electron chi connectivity index (χ4n) is 1.09. The predicted octanol–water partition coefficient (Wildman–Crippen LogP) is 1.72. The fraction of sp³-hybridized carbons (Fsp3) is 0.222. The van der Waals surface area contributed by atoms with Gasteiger partial charge in [0.15, 0.2) is 0 Å². The molecule has 0 saturated heterocycles. The summed E-state index contributed by atoms with van der Waals surface area (Å²) in [4.78, 5) is 4.27. The lowest BCUT2D eigenvalue weighted by atomic mass is 10.3. The Morgan fingerprint density at radius 2 is 2.62 bits per heavy atom. The molecule has 2 N–H and O–H groups in total. The van der Waals surface area contributed by atoms with E-state index in [0.717, 1.165) is 17.3 Å². The summed E-state index contributed by atoms with van der Waals surface area (Å²) in [6, 6.07) is 3.66. The van der Waals surface area contributed by atoms with Gasteiger partial charge in [0.05, 0.1) is 17.0 Å². The third kappa shape index (κ3) is 1.95. The van der Waals surface area contributed by atoms with E-state index < -0.39 is 0 Å². The predicted molar refractivity (Wildman–Crippen MR) is 55.6 cm³/mol. The Labute approximate surface area is 80.7 Å². The van der Waals surface area contributed by atoms with Gasteiger partial charge >= 0.3 is 0 Å². The van der Waals surface area contributed by atoms with Gasteiger partial charge in [-0.15, -0.1) is 11.8 Å². The molecule has 68 valence electrons. The molecule has 2 rings (SSSR count). The van der Waals surface area contributed by atoms with Crippen LogP contribution in [0.4, 0.5) is 0 Å². The lowest BCUT2D eigenvalue weighted by Gasteiger charge is -1.95. The molecule has 0 radical (unpaired) electrons. The Kier molecular flexibility index (Phi) is 2.40. The van der Waals surface area contributed by atoms with Gasteiger partial charge in [-0.25, -0.2) is 0 Å². The lowest BCUT2D eigenvalue weighted by molar-refractivity contribution is 0.552. The van der Waals surface area contributed by atoms with Crippen molar-refractivity contribution in [3.8, 4) is 0 Å². The van der Waals surface area contributed by atoms with Crippen molar-refractivity contribution < 1.29 is 4.42 Å². The first-order valence-electron chi connectivity index (χ1n) is 4.04. The van der Waals surface area contributed by atoms with Gasteiger partial charge in [0.25, 0.3) is 0 Å². The van der Waals surface area contributed by atoms with Crippen LogP contribution in [0.2, 0.25) is 0 Å². The highest BCUT2D eigenvalue weighted by Crippen LogP contribution is 2.16. The highest BCUT2D eigenvalue weighted by atomic mass is 32.2. The molecule has 0 aromatic carbocycles. The fourth-order valence-corrected chi connectivity index (χ4v) is 1.87. The number of hydrogen-bond donors (Lipinski definition) is 1. The van der Waals surface area contributed by atoms with Crippen LogP contribution in [-0.2, 0) is 0 Å². The zero-order chi connectivity index (χ0) is 9.10. The lowest BCUT2D eigenvalue weighted by Crippen LogP contribution is -1.97. The molecule has 1 aromatic heterocycles. The molecule has 13 heavy (non-hydrogen) atoms. The largest absolute Gasteiger partial charge is 0.463 e. The smallest absolute Gasteiger partial charge is 0.149 e. The number of thioether (sulfide) groups is 1. The van der Waals surface area contributed by atoms with E-state index in [0.29, 0.717) is 11.5 Å². The second-order valence-corrected chi connectivity index (χ2v) is 3.76. The van der Waals surface area contributed by atoms with Crippen molar-refractivity contribution in [1.29, 1.82) is 0 Å². The summed E-state index contributed by atoms with van der Waals surface area (Å²) >= 11 is 1.72. The first-order chi connectivity index (χ1) is 6.36. The van der Waals surface area contributed by atoms with Crippen LogP contribution in [0.1, 0.15) is 5.76 Å². The molecule has 2 heterocycles.